The Morgan fingerprint density at radius 1 is 0.882 bits per heavy atom. The van der Waals surface area contributed by atoms with Gasteiger partial charge in [0.1, 0.15) is 0 Å². The van der Waals surface area contributed by atoms with Crippen molar-refractivity contribution in [3.63, 3.8) is 0 Å². The predicted molar refractivity (Wildman–Crippen MR) is 66.1 cm³/mol. The number of ketones is 1. The average molecular weight is 224 g/mol. The second-order valence-corrected chi connectivity index (χ2v) is 3.84. The summed E-state index contributed by atoms with van der Waals surface area (Å²) in [7, 11) is 0. The maximum atomic E-state index is 11.1. The first-order chi connectivity index (χ1) is 8.29. The summed E-state index contributed by atoms with van der Waals surface area (Å²) in [4.78, 5) is 21.4. The van der Waals surface area contributed by atoms with Crippen molar-refractivity contribution in [3.8, 4) is 0 Å². The summed E-state index contributed by atoms with van der Waals surface area (Å²) in [6.07, 6.45) is 1.17. The van der Waals surface area contributed by atoms with Gasteiger partial charge in [0.15, 0.2) is 6.29 Å². The Kier molecular flexibility index (Phi) is 3.46. The van der Waals surface area contributed by atoms with Crippen molar-refractivity contribution in [3.05, 3.63) is 71.3 Å². The lowest BCUT2D eigenvalue weighted by molar-refractivity contribution is -0.104. The van der Waals surface area contributed by atoms with Gasteiger partial charge in [0.2, 0.25) is 5.78 Å². The van der Waals surface area contributed by atoms with E-state index >= 15 is 0 Å². The number of aldehydes is 1. The van der Waals surface area contributed by atoms with Gasteiger partial charge in [-0.3, -0.25) is 9.59 Å². The van der Waals surface area contributed by atoms with Crippen molar-refractivity contribution in [2.75, 3.05) is 0 Å². The molecule has 2 rings (SSSR count). The van der Waals surface area contributed by atoms with Gasteiger partial charge in [-0.25, -0.2) is 0 Å². The van der Waals surface area contributed by atoms with Crippen LogP contribution in [0.1, 0.15) is 21.5 Å². The molecule has 0 heterocycles. The van der Waals surface area contributed by atoms with Crippen molar-refractivity contribution in [1.29, 1.82) is 0 Å². The van der Waals surface area contributed by atoms with E-state index < -0.39 is 5.78 Å². The molecule has 0 fully saturated rings. The lowest BCUT2D eigenvalue weighted by Gasteiger charge is -2.02. The van der Waals surface area contributed by atoms with E-state index in [4.69, 9.17) is 0 Å². The number of hydrogen-bond acceptors (Lipinski definition) is 2. The van der Waals surface area contributed by atoms with Crippen LogP contribution in [-0.2, 0) is 11.2 Å². The number of hydrogen-bond donors (Lipinski definition) is 0. The topological polar surface area (TPSA) is 34.1 Å². The molecule has 0 atom stereocenters. The van der Waals surface area contributed by atoms with Crippen LogP contribution in [0.2, 0.25) is 0 Å². The molecule has 2 aromatic rings. The van der Waals surface area contributed by atoms with Gasteiger partial charge in [0.25, 0.3) is 0 Å². The lowest BCUT2D eigenvalue weighted by atomic mass is 10.0. The van der Waals surface area contributed by atoms with Crippen molar-refractivity contribution in [1.82, 2.24) is 0 Å². The highest BCUT2D eigenvalue weighted by molar-refractivity contribution is 6.33. The van der Waals surface area contributed by atoms with E-state index in [0.29, 0.717) is 11.8 Å². The molecule has 0 aliphatic carbocycles. The lowest BCUT2D eigenvalue weighted by Crippen LogP contribution is -1.99. The molecule has 2 heteroatoms. The van der Waals surface area contributed by atoms with E-state index in [9.17, 15) is 9.59 Å². The number of rotatable bonds is 4. The minimum absolute atomic E-state index is 0.339. The van der Waals surface area contributed by atoms with Crippen LogP contribution in [0.3, 0.4) is 0 Å². The Morgan fingerprint density at radius 3 is 2.06 bits per heavy atom. The first-order valence-electron chi connectivity index (χ1n) is 5.42. The summed E-state index contributed by atoms with van der Waals surface area (Å²) in [5.74, 6) is -0.476. The normalized spacial score (nSPS) is 9.88. The summed E-state index contributed by atoms with van der Waals surface area (Å²) in [6, 6.07) is 17.2. The molecule has 0 N–H and O–H groups in total. The van der Waals surface area contributed by atoms with E-state index in [2.05, 4.69) is 12.1 Å². The molecule has 0 unspecified atom stereocenters. The van der Waals surface area contributed by atoms with Crippen LogP contribution in [0.5, 0.6) is 0 Å². The van der Waals surface area contributed by atoms with Gasteiger partial charge in [-0.2, -0.15) is 0 Å². The maximum absolute atomic E-state index is 11.1. The van der Waals surface area contributed by atoms with Gasteiger partial charge >= 0.3 is 0 Å². The van der Waals surface area contributed by atoms with Gasteiger partial charge in [0.05, 0.1) is 0 Å². The molecular formula is C15H12O2. The monoisotopic (exact) mass is 224 g/mol. The van der Waals surface area contributed by atoms with Gasteiger partial charge in [-0.1, -0.05) is 54.6 Å². The third-order valence-corrected chi connectivity index (χ3v) is 2.60. The molecule has 0 saturated carbocycles. The van der Waals surface area contributed by atoms with Gasteiger partial charge < -0.3 is 0 Å². The van der Waals surface area contributed by atoms with Gasteiger partial charge in [0, 0.05) is 5.56 Å². The van der Waals surface area contributed by atoms with Gasteiger partial charge in [-0.05, 0) is 17.5 Å². The zero-order valence-electron chi connectivity index (χ0n) is 9.30. The SMILES string of the molecule is O=CC(=O)c1ccc(Cc2ccccc2)cc1. The minimum atomic E-state index is -0.476. The second-order valence-electron chi connectivity index (χ2n) is 3.84. The molecule has 2 aromatic carbocycles. The molecule has 84 valence electrons. The number of carbonyl (C=O) groups is 2. The van der Waals surface area contributed by atoms with Crippen LogP contribution >= 0.6 is 0 Å². The first-order valence-corrected chi connectivity index (χ1v) is 5.42. The zero-order chi connectivity index (χ0) is 12.1. The number of carbonyl (C=O) groups excluding carboxylic acids is 2. The van der Waals surface area contributed by atoms with E-state index in [0.717, 1.165) is 12.0 Å². The largest absolute Gasteiger partial charge is 0.294 e. The number of Topliss-reactive ketones (excluding diaryl/α,β-unsaturated/α-hetero) is 1. The van der Waals surface area contributed by atoms with Crippen LogP contribution in [0, 0.1) is 0 Å². The molecule has 2 nitrogen and oxygen atoms in total. The van der Waals surface area contributed by atoms with Crippen molar-refractivity contribution >= 4 is 12.1 Å². The van der Waals surface area contributed by atoms with E-state index in [-0.39, 0.29) is 0 Å². The van der Waals surface area contributed by atoms with Crippen LogP contribution in [0.15, 0.2) is 54.6 Å². The molecular weight excluding hydrogens is 212 g/mol. The van der Waals surface area contributed by atoms with E-state index in [1.165, 1.54) is 5.56 Å². The molecule has 0 aliphatic heterocycles. The van der Waals surface area contributed by atoms with Crippen molar-refractivity contribution in [2.24, 2.45) is 0 Å². The Morgan fingerprint density at radius 2 is 1.47 bits per heavy atom. The highest BCUT2D eigenvalue weighted by Gasteiger charge is 2.03. The van der Waals surface area contributed by atoms with E-state index in [1.807, 2.05) is 30.3 Å². The molecule has 0 amide bonds. The Balaban J connectivity index is 2.14. The molecule has 0 saturated heterocycles. The smallest absolute Gasteiger partial charge is 0.225 e. The fourth-order valence-corrected chi connectivity index (χ4v) is 1.69. The third kappa shape index (κ3) is 2.88. The molecule has 0 radical (unpaired) electrons. The standard InChI is InChI=1S/C15H12O2/c16-11-15(17)14-8-6-13(7-9-14)10-12-4-2-1-3-5-12/h1-9,11H,10H2. The van der Waals surface area contributed by atoms with E-state index in [1.54, 1.807) is 12.1 Å². The predicted octanol–water partition coefficient (Wildman–Crippen LogP) is 2.66. The fraction of sp³-hybridized carbons (Fsp3) is 0.0667. The summed E-state index contributed by atoms with van der Waals surface area (Å²) in [5.41, 5.74) is 2.79. The zero-order valence-corrected chi connectivity index (χ0v) is 9.30. The third-order valence-electron chi connectivity index (χ3n) is 2.60. The quantitative estimate of drug-likeness (QED) is 0.454. The van der Waals surface area contributed by atoms with Gasteiger partial charge in [-0.15, -0.1) is 0 Å². The summed E-state index contributed by atoms with van der Waals surface area (Å²) in [5, 5.41) is 0. The second kappa shape index (κ2) is 5.21. The summed E-state index contributed by atoms with van der Waals surface area (Å²) >= 11 is 0. The van der Waals surface area contributed by atoms with Crippen LogP contribution in [0.4, 0.5) is 0 Å². The fourth-order valence-electron chi connectivity index (χ4n) is 1.69. The van der Waals surface area contributed by atoms with Crippen molar-refractivity contribution in [2.45, 2.75) is 6.42 Å². The van der Waals surface area contributed by atoms with Crippen molar-refractivity contribution < 1.29 is 9.59 Å². The summed E-state index contributed by atoms with van der Waals surface area (Å²) < 4.78 is 0. The van der Waals surface area contributed by atoms with Crippen LogP contribution < -0.4 is 0 Å². The Labute approximate surface area is 99.9 Å². The maximum Gasteiger partial charge on any atom is 0.225 e. The Bertz CT molecular complexity index is 512. The molecule has 0 bridgehead atoms. The average Bonchev–Trinajstić information content (AvgIpc) is 2.40. The highest BCUT2D eigenvalue weighted by Crippen LogP contribution is 2.10. The molecule has 0 aliphatic rings. The van der Waals surface area contributed by atoms with Crippen LogP contribution in [-0.4, -0.2) is 12.1 Å². The molecule has 0 spiro atoms. The number of benzene rings is 2. The van der Waals surface area contributed by atoms with Crippen LogP contribution in [0.25, 0.3) is 0 Å². The summed E-state index contributed by atoms with van der Waals surface area (Å²) in [6.45, 7) is 0. The Hall–Kier alpha value is -2.22. The molecule has 17 heavy (non-hydrogen) atoms. The minimum Gasteiger partial charge on any atom is -0.294 e. The first kappa shape index (κ1) is 11.3. The highest BCUT2D eigenvalue weighted by atomic mass is 16.2. The molecule has 0 aromatic heterocycles.